The van der Waals surface area contributed by atoms with Gasteiger partial charge in [0.25, 0.3) is 0 Å². The van der Waals surface area contributed by atoms with E-state index >= 15 is 0 Å². The van der Waals surface area contributed by atoms with E-state index in [2.05, 4.69) is 154 Å². The van der Waals surface area contributed by atoms with Crippen LogP contribution in [0.15, 0.2) is 133 Å². The van der Waals surface area contributed by atoms with E-state index < -0.39 is 23.2 Å². The van der Waals surface area contributed by atoms with E-state index in [1.54, 1.807) is 14.4 Å². The number of aromatic nitrogens is 1. The standard InChI is InChI=1S/C30H21N2S.C10H15.2ClH.Zr/c1-20-16-22-18-23(31-15-14-21-8-2-3-9-25(21)31)19-28(24(22)17-20)32-26-10-4-6-12-29(26)33-30-13-7-5-11-27(30)32;1-7-6-10(4,5)9(3)8(7)2;;;/h2-19H,1H3;1-5H3;2*1H;/q;;;;+2/p-2. The van der Waals surface area contributed by atoms with Crippen LogP contribution in [0.3, 0.4) is 0 Å². The Morgan fingerprint density at radius 1 is 0.717 bits per heavy atom. The first-order valence-electron chi connectivity index (χ1n) is 15.5. The molecule has 46 heavy (non-hydrogen) atoms. The summed E-state index contributed by atoms with van der Waals surface area (Å²) in [5.41, 5.74) is 15.5. The maximum atomic E-state index is 2.53. The molecule has 0 N–H and O–H groups in total. The Kier molecular flexibility index (Phi) is 8.92. The molecule has 0 fully saturated rings. The maximum Gasteiger partial charge on any atom is -1.00 e. The summed E-state index contributed by atoms with van der Waals surface area (Å²) in [5, 5.41) is 1.27. The van der Waals surface area contributed by atoms with Gasteiger partial charge in [0.1, 0.15) is 0 Å². The summed E-state index contributed by atoms with van der Waals surface area (Å²) in [6.45, 7) is 14.4. The summed E-state index contributed by atoms with van der Waals surface area (Å²) in [5.74, 6) is 0. The molecule has 2 aliphatic carbocycles. The molecule has 2 nitrogen and oxygen atoms in total. The van der Waals surface area contributed by atoms with Gasteiger partial charge in [0.15, 0.2) is 0 Å². The van der Waals surface area contributed by atoms with Crippen molar-refractivity contribution in [3.63, 3.8) is 0 Å². The number of rotatable bonds is 4. The first-order chi connectivity index (χ1) is 21.2. The topological polar surface area (TPSA) is 8.17 Å². The van der Waals surface area contributed by atoms with Crippen LogP contribution in [0.4, 0.5) is 17.1 Å². The molecule has 5 aromatic rings. The molecule has 0 saturated carbocycles. The van der Waals surface area contributed by atoms with Crippen LogP contribution in [0.25, 0.3) is 22.7 Å². The Morgan fingerprint density at radius 2 is 1.35 bits per heavy atom. The van der Waals surface area contributed by atoms with Crippen LogP contribution >= 0.6 is 11.8 Å². The molecule has 4 aromatic carbocycles. The van der Waals surface area contributed by atoms with Crippen molar-refractivity contribution in [2.75, 3.05) is 4.90 Å². The van der Waals surface area contributed by atoms with Gasteiger partial charge in [-0.05, 0) is 0 Å². The first kappa shape index (κ1) is 33.2. The monoisotopic (exact) mass is 736 g/mol. The Labute approximate surface area is 301 Å². The zero-order valence-electron chi connectivity index (χ0n) is 27.0. The normalized spacial score (nSPS) is 17.6. The molecule has 0 radical (unpaired) electrons. The number of nitrogens with zero attached hydrogens (tertiary/aromatic N) is 2. The molecule has 230 valence electrons. The Morgan fingerprint density at radius 3 is 2.00 bits per heavy atom. The molecule has 0 amide bonds. The molecule has 6 heteroatoms. The van der Waals surface area contributed by atoms with Crippen LogP contribution in [0.5, 0.6) is 0 Å². The van der Waals surface area contributed by atoms with Crippen LogP contribution < -0.4 is 29.7 Å². The van der Waals surface area contributed by atoms with E-state index in [9.17, 15) is 0 Å². The van der Waals surface area contributed by atoms with Crippen LogP contribution in [0.2, 0.25) is 0 Å². The number of anilines is 3. The van der Waals surface area contributed by atoms with Gasteiger partial charge < -0.3 is 24.8 Å². The third kappa shape index (κ3) is 5.03. The number of allylic oxidation sites excluding steroid dienone is 5. The van der Waals surface area contributed by atoms with E-state index in [1.165, 1.54) is 65.7 Å². The molecule has 0 spiro atoms. The van der Waals surface area contributed by atoms with E-state index in [4.69, 9.17) is 0 Å². The van der Waals surface area contributed by atoms with Crippen LogP contribution in [0, 0.1) is 5.41 Å². The van der Waals surface area contributed by atoms with Crippen LogP contribution in [-0.2, 0) is 23.2 Å². The van der Waals surface area contributed by atoms with E-state index in [-0.39, 0.29) is 30.2 Å². The van der Waals surface area contributed by atoms with Crippen molar-refractivity contribution in [3.8, 4) is 5.69 Å². The third-order valence-electron chi connectivity index (χ3n) is 10.2. The molecule has 8 rings (SSSR count). The molecular formula is C40H36Cl2N2SZr. The Hall–Kier alpha value is -2.75. The first-order valence-corrected chi connectivity index (χ1v) is 19.0. The Bertz CT molecular complexity index is 2070. The largest absolute Gasteiger partial charge is 1.00 e. The van der Waals surface area contributed by atoms with Gasteiger partial charge in [0.2, 0.25) is 0 Å². The quantitative estimate of drug-likeness (QED) is 0.228. The fraction of sp³-hybridized carbons (Fsp3) is 0.200. The number of fused-ring (bicyclic) bond motifs is 4. The summed E-state index contributed by atoms with van der Waals surface area (Å²) in [7, 11) is 0. The maximum absolute atomic E-state index is 2.53. The zero-order chi connectivity index (χ0) is 30.3. The van der Waals surface area contributed by atoms with Crippen molar-refractivity contribution in [2.45, 2.75) is 55.0 Å². The summed E-state index contributed by atoms with van der Waals surface area (Å²) in [6, 6.07) is 33.7. The summed E-state index contributed by atoms with van der Waals surface area (Å²) in [6.07, 6.45) is 4.77. The molecule has 0 bridgehead atoms. The van der Waals surface area contributed by atoms with Crippen LogP contribution in [0.1, 0.15) is 56.3 Å². The molecule has 1 unspecified atom stereocenters. The summed E-state index contributed by atoms with van der Waals surface area (Å²) in [4.78, 5) is 5.13. The molecule has 2 heterocycles. The van der Waals surface area contributed by atoms with Gasteiger partial charge in [0, 0.05) is 0 Å². The van der Waals surface area contributed by atoms with E-state index in [1.807, 2.05) is 11.8 Å². The van der Waals surface area contributed by atoms with Crippen molar-refractivity contribution in [1.29, 1.82) is 0 Å². The summed E-state index contributed by atoms with van der Waals surface area (Å²) < 4.78 is 4.65. The van der Waals surface area contributed by atoms with Gasteiger partial charge >= 0.3 is 278 Å². The van der Waals surface area contributed by atoms with Crippen molar-refractivity contribution in [1.82, 2.24) is 4.57 Å². The van der Waals surface area contributed by atoms with Gasteiger partial charge in [-0.2, -0.15) is 0 Å². The second kappa shape index (κ2) is 12.4. The second-order valence-corrected chi connectivity index (χ2v) is 17.4. The fourth-order valence-corrected chi connectivity index (χ4v) is 13.3. The molecule has 1 aromatic heterocycles. The van der Waals surface area contributed by atoms with Crippen molar-refractivity contribution < 1.29 is 48.0 Å². The number of hydrogen-bond acceptors (Lipinski definition) is 2. The molecule has 0 saturated heterocycles. The SMILES string of the molecule is CC1=Cc2c(cc(-n3ccc4ccccc43)cc2N2c3ccccc3Sc3ccccc32)[CH]1[Zr+2][C]1=C(C)C(C)=C(C)C1(C)C.[Cl-].[Cl-]. The minimum atomic E-state index is -1.04. The van der Waals surface area contributed by atoms with Gasteiger partial charge in [-0.25, -0.2) is 0 Å². The fourth-order valence-electron chi connectivity index (χ4n) is 7.41. The number of hydrogen-bond donors (Lipinski definition) is 0. The number of halogens is 2. The van der Waals surface area contributed by atoms with Crippen molar-refractivity contribution in [2.24, 2.45) is 5.41 Å². The van der Waals surface area contributed by atoms with Gasteiger partial charge in [0.05, 0.1) is 0 Å². The predicted molar refractivity (Wildman–Crippen MR) is 183 cm³/mol. The zero-order valence-corrected chi connectivity index (χ0v) is 31.7. The van der Waals surface area contributed by atoms with E-state index in [0.717, 1.165) is 0 Å². The van der Waals surface area contributed by atoms with E-state index in [0.29, 0.717) is 3.63 Å². The predicted octanol–water partition coefficient (Wildman–Crippen LogP) is 5.76. The van der Waals surface area contributed by atoms with Crippen LogP contribution in [-0.4, -0.2) is 4.57 Å². The average molecular weight is 739 g/mol. The van der Waals surface area contributed by atoms with Crippen molar-refractivity contribution in [3.05, 3.63) is 134 Å². The molecular weight excluding hydrogens is 703 g/mol. The van der Waals surface area contributed by atoms with Gasteiger partial charge in [-0.15, -0.1) is 0 Å². The second-order valence-electron chi connectivity index (χ2n) is 12.9. The smallest absolute Gasteiger partial charge is 1.00 e. The average Bonchev–Trinajstić information content (AvgIpc) is 3.64. The Balaban J connectivity index is 0.00000186. The minimum absolute atomic E-state index is 0. The van der Waals surface area contributed by atoms with Gasteiger partial charge in [-0.3, -0.25) is 0 Å². The third-order valence-corrected chi connectivity index (χ3v) is 17.1. The number of benzene rings is 4. The molecule has 1 atom stereocenters. The summed E-state index contributed by atoms with van der Waals surface area (Å²) >= 11 is 0.840. The minimum Gasteiger partial charge on any atom is -1.00 e. The van der Waals surface area contributed by atoms with Crippen molar-refractivity contribution >= 4 is 45.8 Å². The molecule has 3 aliphatic rings. The molecule has 1 aliphatic heterocycles. The van der Waals surface area contributed by atoms with Gasteiger partial charge in [-0.1, -0.05) is 0 Å². The number of para-hydroxylation sites is 3.